The Hall–Kier alpha value is -6.38. The molecule has 0 aliphatic carbocycles. The van der Waals surface area contributed by atoms with Crippen molar-refractivity contribution in [2.45, 2.75) is 0 Å². The normalized spacial score (nSPS) is 11.8. The monoisotopic (exact) mass is 610 g/mol. The first-order valence-electron chi connectivity index (χ1n) is 16.5. The van der Waals surface area contributed by atoms with Gasteiger partial charge in [-0.2, -0.15) is 0 Å². The maximum atomic E-state index is 2.45. The Labute approximate surface area is 278 Å². The number of rotatable bonds is 4. The van der Waals surface area contributed by atoms with Crippen LogP contribution in [0.4, 0.5) is 0 Å². The zero-order chi connectivity index (χ0) is 31.6. The van der Waals surface area contributed by atoms with Crippen LogP contribution in [0.15, 0.2) is 182 Å². The number of para-hydroxylation sites is 3. The third-order valence-electron chi connectivity index (χ3n) is 9.92. The molecule has 2 heterocycles. The fraction of sp³-hybridized carbons (Fsp3) is 0. The molecule has 0 saturated carbocycles. The Balaban J connectivity index is 1.18. The summed E-state index contributed by atoms with van der Waals surface area (Å²) in [6, 6.07) is 66.2. The second-order valence-corrected chi connectivity index (χ2v) is 12.5. The summed E-state index contributed by atoms with van der Waals surface area (Å²) in [4.78, 5) is 0. The van der Waals surface area contributed by atoms with Gasteiger partial charge in [0.05, 0.1) is 27.8 Å². The molecule has 2 nitrogen and oxygen atoms in total. The molecule has 0 fully saturated rings. The maximum Gasteiger partial charge on any atom is 0.0541 e. The van der Waals surface area contributed by atoms with Gasteiger partial charge in [0.15, 0.2) is 0 Å². The number of nitrogens with zero attached hydrogens (tertiary/aromatic N) is 2. The Kier molecular flexibility index (Phi) is 5.91. The topological polar surface area (TPSA) is 9.86 Å². The second kappa shape index (κ2) is 10.6. The molecule has 10 aromatic rings. The summed E-state index contributed by atoms with van der Waals surface area (Å²) < 4.78 is 4.82. The molecule has 0 saturated heterocycles. The smallest absolute Gasteiger partial charge is 0.0541 e. The molecule has 48 heavy (non-hydrogen) atoms. The fourth-order valence-electron chi connectivity index (χ4n) is 7.78. The van der Waals surface area contributed by atoms with Gasteiger partial charge in [-0.3, -0.25) is 0 Å². The molecule has 0 radical (unpaired) electrons. The zero-order valence-electron chi connectivity index (χ0n) is 26.2. The molecule has 0 spiro atoms. The van der Waals surface area contributed by atoms with E-state index >= 15 is 0 Å². The summed E-state index contributed by atoms with van der Waals surface area (Å²) >= 11 is 0. The highest BCUT2D eigenvalue weighted by Crippen LogP contribution is 2.40. The van der Waals surface area contributed by atoms with E-state index in [0.717, 1.165) is 0 Å². The van der Waals surface area contributed by atoms with Gasteiger partial charge < -0.3 is 9.13 Å². The van der Waals surface area contributed by atoms with E-state index in [-0.39, 0.29) is 0 Å². The van der Waals surface area contributed by atoms with Crippen LogP contribution < -0.4 is 0 Å². The quantitative estimate of drug-likeness (QED) is 0.188. The van der Waals surface area contributed by atoms with Gasteiger partial charge in [-0.05, 0) is 82.2 Å². The van der Waals surface area contributed by atoms with Crippen LogP contribution in [0.5, 0.6) is 0 Å². The summed E-state index contributed by atoms with van der Waals surface area (Å²) in [5, 5.41) is 7.54. The summed E-state index contributed by atoms with van der Waals surface area (Å²) in [6.45, 7) is 0. The highest BCUT2D eigenvalue weighted by molar-refractivity contribution is 6.14. The van der Waals surface area contributed by atoms with Crippen molar-refractivity contribution in [2.75, 3.05) is 0 Å². The van der Waals surface area contributed by atoms with Gasteiger partial charge in [-0.15, -0.1) is 0 Å². The van der Waals surface area contributed by atoms with Crippen molar-refractivity contribution in [1.82, 2.24) is 9.13 Å². The molecular weight excluding hydrogens is 581 g/mol. The summed E-state index contributed by atoms with van der Waals surface area (Å²) in [5.41, 5.74) is 12.1. The van der Waals surface area contributed by atoms with E-state index in [4.69, 9.17) is 0 Å². The highest BCUT2D eigenvalue weighted by atomic mass is 15.0. The zero-order valence-corrected chi connectivity index (χ0v) is 26.2. The van der Waals surface area contributed by atoms with Crippen molar-refractivity contribution < 1.29 is 0 Å². The molecule has 0 aliphatic rings. The van der Waals surface area contributed by atoms with Crippen molar-refractivity contribution in [1.29, 1.82) is 0 Å². The molecule has 0 N–H and O–H groups in total. The number of hydrogen-bond donors (Lipinski definition) is 0. The predicted molar refractivity (Wildman–Crippen MR) is 203 cm³/mol. The summed E-state index contributed by atoms with van der Waals surface area (Å²) in [6.07, 6.45) is 0. The third kappa shape index (κ3) is 4.00. The first kappa shape index (κ1) is 26.8. The van der Waals surface area contributed by atoms with Gasteiger partial charge in [0, 0.05) is 32.6 Å². The lowest BCUT2D eigenvalue weighted by Gasteiger charge is -2.14. The van der Waals surface area contributed by atoms with Crippen molar-refractivity contribution >= 4 is 54.4 Å². The standard InChI is InChI=1S/C46H30N2/c1-3-13-31(14-4-1)35-19-11-21-37-36(35)20-12-24-44(37)48-43-23-10-8-18-39(43)41-30-33(26-28-46(41)48)32-25-27-45-40(29-32)38-17-7-9-22-42(38)47(45)34-15-5-2-6-16-34/h1-30H. The summed E-state index contributed by atoms with van der Waals surface area (Å²) in [7, 11) is 0. The minimum absolute atomic E-state index is 1.18. The Morgan fingerprint density at radius 2 is 0.771 bits per heavy atom. The van der Waals surface area contributed by atoms with Gasteiger partial charge in [0.25, 0.3) is 0 Å². The van der Waals surface area contributed by atoms with E-state index in [2.05, 4.69) is 191 Å². The van der Waals surface area contributed by atoms with Gasteiger partial charge in [0.1, 0.15) is 0 Å². The van der Waals surface area contributed by atoms with E-state index in [1.54, 1.807) is 0 Å². The first-order chi connectivity index (χ1) is 23.8. The SMILES string of the molecule is c1ccc(-c2cccc3c(-n4c5ccccc5c5cc(-c6ccc7c(c6)c6ccccc6n7-c6ccccc6)ccc54)cccc23)cc1. The van der Waals surface area contributed by atoms with E-state index in [0.29, 0.717) is 0 Å². The van der Waals surface area contributed by atoms with Gasteiger partial charge in [-0.25, -0.2) is 0 Å². The van der Waals surface area contributed by atoms with E-state index in [9.17, 15) is 0 Å². The largest absolute Gasteiger partial charge is 0.309 e. The van der Waals surface area contributed by atoms with Crippen molar-refractivity contribution in [3.63, 3.8) is 0 Å². The van der Waals surface area contributed by atoms with Crippen LogP contribution in [0.25, 0.3) is 88.0 Å². The molecule has 0 unspecified atom stereocenters. The minimum atomic E-state index is 1.18. The van der Waals surface area contributed by atoms with Crippen LogP contribution in [0.2, 0.25) is 0 Å². The molecular formula is C46H30N2. The average Bonchev–Trinajstić information content (AvgIpc) is 3.67. The number of hydrogen-bond acceptors (Lipinski definition) is 0. The molecule has 2 aromatic heterocycles. The Bertz CT molecular complexity index is 2820. The number of aromatic nitrogens is 2. The molecule has 10 rings (SSSR count). The van der Waals surface area contributed by atoms with Crippen LogP contribution in [-0.4, -0.2) is 9.13 Å². The van der Waals surface area contributed by atoms with Crippen LogP contribution in [0.1, 0.15) is 0 Å². The van der Waals surface area contributed by atoms with Crippen molar-refractivity contribution in [3.8, 4) is 33.6 Å². The van der Waals surface area contributed by atoms with Crippen molar-refractivity contribution in [3.05, 3.63) is 182 Å². The molecule has 0 amide bonds. The lowest BCUT2D eigenvalue weighted by molar-refractivity contribution is 1.18. The number of benzene rings is 8. The summed E-state index contributed by atoms with van der Waals surface area (Å²) in [5.74, 6) is 0. The lowest BCUT2D eigenvalue weighted by Crippen LogP contribution is -1.96. The average molecular weight is 611 g/mol. The molecule has 8 aromatic carbocycles. The van der Waals surface area contributed by atoms with Crippen molar-refractivity contribution in [2.24, 2.45) is 0 Å². The second-order valence-electron chi connectivity index (χ2n) is 12.5. The molecule has 224 valence electrons. The van der Waals surface area contributed by atoms with E-state index in [1.807, 2.05) is 0 Å². The molecule has 2 heteroatoms. The highest BCUT2D eigenvalue weighted by Gasteiger charge is 2.17. The van der Waals surface area contributed by atoms with Gasteiger partial charge in [-0.1, -0.05) is 127 Å². The van der Waals surface area contributed by atoms with Crippen LogP contribution >= 0.6 is 0 Å². The van der Waals surface area contributed by atoms with Gasteiger partial charge >= 0.3 is 0 Å². The lowest BCUT2D eigenvalue weighted by atomic mass is 9.97. The van der Waals surface area contributed by atoms with Crippen LogP contribution in [-0.2, 0) is 0 Å². The molecule has 0 atom stereocenters. The van der Waals surface area contributed by atoms with Crippen LogP contribution in [0, 0.1) is 0 Å². The first-order valence-corrected chi connectivity index (χ1v) is 16.5. The fourth-order valence-corrected chi connectivity index (χ4v) is 7.78. The third-order valence-corrected chi connectivity index (χ3v) is 9.92. The van der Waals surface area contributed by atoms with Crippen LogP contribution in [0.3, 0.4) is 0 Å². The molecule has 0 aliphatic heterocycles. The van der Waals surface area contributed by atoms with Gasteiger partial charge in [0.2, 0.25) is 0 Å². The maximum absolute atomic E-state index is 2.45. The predicted octanol–water partition coefficient (Wildman–Crippen LogP) is 12.4. The Morgan fingerprint density at radius 1 is 0.271 bits per heavy atom. The van der Waals surface area contributed by atoms with E-state index in [1.165, 1.54) is 88.0 Å². The molecule has 0 bridgehead atoms. The number of fused-ring (bicyclic) bond motifs is 7. The minimum Gasteiger partial charge on any atom is -0.309 e. The van der Waals surface area contributed by atoms with E-state index < -0.39 is 0 Å². The Morgan fingerprint density at radius 3 is 1.46 bits per heavy atom.